The molecule has 0 atom stereocenters. The van der Waals surface area contributed by atoms with E-state index >= 15 is 0 Å². The first kappa shape index (κ1) is 22.4. The maximum atomic E-state index is 11.5. The maximum Gasteiger partial charge on any atom is 0.339 e. The smallest absolute Gasteiger partial charge is 0.339 e. The number of ether oxygens (including phenoxy) is 1. The number of rotatable bonds is 7. The fourth-order valence-corrected chi connectivity index (χ4v) is 4.08. The van der Waals surface area contributed by atoms with Crippen LogP contribution in [0.4, 0.5) is 5.82 Å². The summed E-state index contributed by atoms with van der Waals surface area (Å²) in [6.07, 6.45) is 1.64. The molecule has 4 rings (SSSR count). The van der Waals surface area contributed by atoms with Gasteiger partial charge in [0.05, 0.1) is 10.0 Å². The number of pyridine rings is 1. The van der Waals surface area contributed by atoms with Gasteiger partial charge in [0, 0.05) is 44.5 Å². The second-order valence-electron chi connectivity index (χ2n) is 7.59. The number of carbonyl (C=O) groups is 1. The molecule has 1 N–H and O–H groups in total. The molecular formula is C24H23Cl2N3O3. The number of carboxylic acids is 1. The van der Waals surface area contributed by atoms with E-state index in [0.717, 1.165) is 44.0 Å². The Bertz CT molecular complexity index is 1080. The number of hydrogen-bond donors (Lipinski definition) is 1. The van der Waals surface area contributed by atoms with Gasteiger partial charge in [0.25, 0.3) is 0 Å². The molecule has 0 bridgehead atoms. The summed E-state index contributed by atoms with van der Waals surface area (Å²) < 4.78 is 5.85. The predicted molar refractivity (Wildman–Crippen MR) is 126 cm³/mol. The summed E-state index contributed by atoms with van der Waals surface area (Å²) in [6.45, 7) is 4.31. The Morgan fingerprint density at radius 3 is 2.47 bits per heavy atom. The third kappa shape index (κ3) is 5.33. The molecule has 1 aromatic heterocycles. The lowest BCUT2D eigenvalue weighted by Crippen LogP contribution is -2.46. The highest BCUT2D eigenvalue weighted by atomic mass is 35.5. The molecule has 0 aliphatic carbocycles. The Morgan fingerprint density at radius 2 is 1.75 bits per heavy atom. The number of aromatic carboxylic acids is 1. The van der Waals surface area contributed by atoms with Crippen LogP contribution in [0.2, 0.25) is 10.0 Å². The van der Waals surface area contributed by atoms with Gasteiger partial charge in [0.2, 0.25) is 0 Å². The first-order chi connectivity index (χ1) is 15.5. The van der Waals surface area contributed by atoms with Crippen molar-refractivity contribution in [3.05, 3.63) is 87.5 Å². The normalized spacial score (nSPS) is 14.4. The van der Waals surface area contributed by atoms with Gasteiger partial charge < -0.3 is 14.7 Å². The van der Waals surface area contributed by atoms with Crippen LogP contribution in [0, 0.1) is 0 Å². The molecule has 3 aromatic rings. The van der Waals surface area contributed by atoms with Crippen LogP contribution in [-0.2, 0) is 13.2 Å². The van der Waals surface area contributed by atoms with Crippen LogP contribution in [-0.4, -0.2) is 47.1 Å². The summed E-state index contributed by atoms with van der Waals surface area (Å²) in [4.78, 5) is 20.1. The van der Waals surface area contributed by atoms with Crippen LogP contribution < -0.4 is 9.64 Å². The van der Waals surface area contributed by atoms with Gasteiger partial charge in [-0.3, -0.25) is 4.90 Å². The van der Waals surface area contributed by atoms with Crippen LogP contribution in [0.15, 0.2) is 60.8 Å². The molecule has 2 heterocycles. The van der Waals surface area contributed by atoms with Crippen molar-refractivity contribution in [3.8, 4) is 5.75 Å². The van der Waals surface area contributed by atoms with Crippen molar-refractivity contribution in [3.63, 3.8) is 0 Å². The van der Waals surface area contributed by atoms with Crippen molar-refractivity contribution >= 4 is 35.0 Å². The number of anilines is 1. The lowest BCUT2D eigenvalue weighted by Gasteiger charge is -2.35. The number of benzene rings is 2. The third-order valence-corrected chi connectivity index (χ3v) is 6.30. The minimum absolute atomic E-state index is 0.246. The molecule has 1 saturated heterocycles. The standard InChI is InChI=1S/C24H23Cl2N3O3/c25-21-5-1-3-18(22(21)26)16-32-19-8-6-17(7-9-19)15-28-11-13-29(14-12-28)23-20(24(30)31)4-2-10-27-23/h1-10H,11-16H2,(H,30,31). The molecule has 1 aliphatic rings. The van der Waals surface area contributed by atoms with Crippen molar-refractivity contribution < 1.29 is 14.6 Å². The minimum atomic E-state index is -0.949. The van der Waals surface area contributed by atoms with E-state index in [9.17, 15) is 9.90 Å². The van der Waals surface area contributed by atoms with E-state index < -0.39 is 5.97 Å². The van der Waals surface area contributed by atoms with Gasteiger partial charge in [-0.15, -0.1) is 0 Å². The summed E-state index contributed by atoms with van der Waals surface area (Å²) in [5.74, 6) is 0.363. The van der Waals surface area contributed by atoms with E-state index in [0.29, 0.717) is 22.5 Å². The zero-order valence-electron chi connectivity index (χ0n) is 17.4. The number of piperazine rings is 1. The number of hydrogen-bond acceptors (Lipinski definition) is 5. The number of carboxylic acid groups (broad SMARTS) is 1. The van der Waals surface area contributed by atoms with Crippen LogP contribution in [0.1, 0.15) is 21.5 Å². The second kappa shape index (κ2) is 10.2. The Morgan fingerprint density at radius 1 is 1.00 bits per heavy atom. The van der Waals surface area contributed by atoms with E-state index in [1.165, 1.54) is 5.56 Å². The van der Waals surface area contributed by atoms with E-state index in [4.69, 9.17) is 27.9 Å². The van der Waals surface area contributed by atoms with E-state index in [1.54, 1.807) is 24.4 Å². The molecule has 32 heavy (non-hydrogen) atoms. The third-order valence-electron chi connectivity index (χ3n) is 5.44. The Hall–Kier alpha value is -2.80. The van der Waals surface area contributed by atoms with Crippen LogP contribution in [0.3, 0.4) is 0 Å². The number of halogens is 2. The summed E-state index contributed by atoms with van der Waals surface area (Å²) in [5, 5.41) is 10.4. The lowest BCUT2D eigenvalue weighted by atomic mass is 10.1. The average Bonchev–Trinajstić information content (AvgIpc) is 2.81. The first-order valence-corrected chi connectivity index (χ1v) is 11.1. The Balaban J connectivity index is 1.29. The van der Waals surface area contributed by atoms with Crippen molar-refractivity contribution in [2.24, 2.45) is 0 Å². The number of aromatic nitrogens is 1. The summed E-state index contributed by atoms with van der Waals surface area (Å²) in [5.41, 5.74) is 2.28. The number of nitrogens with zero attached hydrogens (tertiary/aromatic N) is 3. The molecule has 1 aliphatic heterocycles. The molecular weight excluding hydrogens is 449 g/mol. The van der Waals surface area contributed by atoms with Crippen LogP contribution in [0.5, 0.6) is 5.75 Å². The fraction of sp³-hybridized carbons (Fsp3) is 0.250. The van der Waals surface area contributed by atoms with Gasteiger partial charge >= 0.3 is 5.97 Å². The van der Waals surface area contributed by atoms with Crippen molar-refractivity contribution in [2.45, 2.75) is 13.2 Å². The maximum absolute atomic E-state index is 11.5. The Labute approximate surface area is 197 Å². The summed E-state index contributed by atoms with van der Waals surface area (Å²) in [7, 11) is 0. The highest BCUT2D eigenvalue weighted by molar-refractivity contribution is 6.42. The van der Waals surface area contributed by atoms with Gasteiger partial charge in [-0.25, -0.2) is 9.78 Å². The molecule has 166 valence electrons. The molecule has 8 heteroatoms. The average molecular weight is 472 g/mol. The molecule has 0 spiro atoms. The topological polar surface area (TPSA) is 65.9 Å². The zero-order valence-corrected chi connectivity index (χ0v) is 18.9. The lowest BCUT2D eigenvalue weighted by molar-refractivity contribution is 0.0697. The van der Waals surface area contributed by atoms with Gasteiger partial charge in [-0.2, -0.15) is 0 Å². The monoisotopic (exact) mass is 471 g/mol. The van der Waals surface area contributed by atoms with Crippen molar-refractivity contribution in [1.82, 2.24) is 9.88 Å². The first-order valence-electron chi connectivity index (χ1n) is 10.3. The van der Waals surface area contributed by atoms with Crippen molar-refractivity contribution in [1.29, 1.82) is 0 Å². The molecule has 1 fully saturated rings. The Kier molecular flexibility index (Phi) is 7.15. The van der Waals surface area contributed by atoms with E-state index in [1.807, 2.05) is 29.2 Å². The quantitative estimate of drug-likeness (QED) is 0.523. The van der Waals surface area contributed by atoms with Crippen molar-refractivity contribution in [2.75, 3.05) is 31.1 Å². The fourth-order valence-electron chi connectivity index (χ4n) is 3.70. The van der Waals surface area contributed by atoms with Gasteiger partial charge in [0.15, 0.2) is 0 Å². The minimum Gasteiger partial charge on any atom is -0.489 e. The summed E-state index contributed by atoms with van der Waals surface area (Å²) in [6, 6.07) is 16.8. The molecule has 0 saturated carbocycles. The second-order valence-corrected chi connectivity index (χ2v) is 8.37. The summed E-state index contributed by atoms with van der Waals surface area (Å²) >= 11 is 12.3. The molecule has 2 aromatic carbocycles. The predicted octanol–water partition coefficient (Wildman–Crippen LogP) is 4.99. The molecule has 0 amide bonds. The van der Waals surface area contributed by atoms with E-state index in [2.05, 4.69) is 22.0 Å². The molecule has 6 nitrogen and oxygen atoms in total. The highest BCUT2D eigenvalue weighted by Crippen LogP contribution is 2.27. The van der Waals surface area contributed by atoms with Gasteiger partial charge in [-0.05, 0) is 35.9 Å². The van der Waals surface area contributed by atoms with Gasteiger partial charge in [-0.1, -0.05) is 47.5 Å². The largest absolute Gasteiger partial charge is 0.489 e. The zero-order chi connectivity index (χ0) is 22.5. The van der Waals surface area contributed by atoms with E-state index in [-0.39, 0.29) is 5.56 Å². The molecule has 0 radical (unpaired) electrons. The van der Waals surface area contributed by atoms with Crippen LogP contribution >= 0.6 is 23.2 Å². The SMILES string of the molecule is O=C(O)c1cccnc1N1CCN(Cc2ccc(OCc3cccc(Cl)c3Cl)cc2)CC1. The highest BCUT2D eigenvalue weighted by Gasteiger charge is 2.22. The van der Waals surface area contributed by atoms with Gasteiger partial charge in [0.1, 0.15) is 23.7 Å². The molecule has 0 unspecified atom stereocenters. The van der Waals surface area contributed by atoms with Crippen LogP contribution in [0.25, 0.3) is 0 Å².